The van der Waals surface area contributed by atoms with Gasteiger partial charge in [0.05, 0.1) is 0 Å². The van der Waals surface area contributed by atoms with Crippen molar-refractivity contribution in [2.75, 3.05) is 11.9 Å². The van der Waals surface area contributed by atoms with Crippen LogP contribution in [0.5, 0.6) is 11.5 Å². The summed E-state index contributed by atoms with van der Waals surface area (Å²) in [7, 11) is 0. The molecular weight excluding hydrogens is 294 g/mol. The van der Waals surface area contributed by atoms with Gasteiger partial charge in [0.2, 0.25) is 5.91 Å². The van der Waals surface area contributed by atoms with E-state index >= 15 is 0 Å². The van der Waals surface area contributed by atoms with Gasteiger partial charge in [-0.2, -0.15) is 0 Å². The van der Waals surface area contributed by atoms with Crippen molar-refractivity contribution in [2.45, 2.75) is 20.8 Å². The molecule has 0 aliphatic carbocycles. The van der Waals surface area contributed by atoms with Crippen molar-refractivity contribution in [1.29, 1.82) is 0 Å². The minimum atomic E-state index is -0.488. The predicted molar refractivity (Wildman–Crippen MR) is 87.8 cm³/mol. The third kappa shape index (κ3) is 5.14. The van der Waals surface area contributed by atoms with Crippen LogP contribution in [-0.2, 0) is 9.59 Å². The second-order valence-corrected chi connectivity index (χ2v) is 5.24. The van der Waals surface area contributed by atoms with Gasteiger partial charge in [0.15, 0.2) is 6.61 Å². The van der Waals surface area contributed by atoms with Crippen molar-refractivity contribution in [3.8, 4) is 11.5 Å². The van der Waals surface area contributed by atoms with Crippen LogP contribution in [0.25, 0.3) is 0 Å². The van der Waals surface area contributed by atoms with E-state index in [1.807, 2.05) is 32.0 Å². The van der Waals surface area contributed by atoms with Crippen molar-refractivity contribution < 1.29 is 19.1 Å². The summed E-state index contributed by atoms with van der Waals surface area (Å²) in [5.41, 5.74) is 2.67. The molecule has 0 heterocycles. The number of anilines is 1. The van der Waals surface area contributed by atoms with Crippen LogP contribution >= 0.6 is 0 Å². The number of hydrogen-bond donors (Lipinski definition) is 1. The van der Waals surface area contributed by atoms with Crippen LogP contribution in [-0.4, -0.2) is 18.5 Å². The first kappa shape index (κ1) is 16.5. The first-order chi connectivity index (χ1) is 10.9. The molecule has 0 atom stereocenters. The molecule has 0 spiro atoms. The van der Waals surface area contributed by atoms with E-state index in [2.05, 4.69) is 5.32 Å². The van der Waals surface area contributed by atoms with Crippen LogP contribution < -0.4 is 14.8 Å². The normalized spacial score (nSPS) is 10.0. The van der Waals surface area contributed by atoms with Gasteiger partial charge < -0.3 is 14.8 Å². The molecule has 0 unspecified atom stereocenters. The zero-order valence-corrected chi connectivity index (χ0v) is 13.4. The second kappa shape index (κ2) is 7.45. The molecule has 5 heteroatoms. The molecule has 120 valence electrons. The van der Waals surface area contributed by atoms with E-state index in [9.17, 15) is 9.59 Å². The van der Waals surface area contributed by atoms with E-state index in [0.29, 0.717) is 17.2 Å². The molecule has 1 N–H and O–H groups in total. The third-order valence-corrected chi connectivity index (χ3v) is 3.10. The van der Waals surface area contributed by atoms with E-state index in [-0.39, 0.29) is 12.5 Å². The van der Waals surface area contributed by atoms with Crippen molar-refractivity contribution in [2.24, 2.45) is 0 Å². The SMILES string of the molecule is CC(=O)Nc1ccc(OC(=O)COc2cc(C)ccc2C)cc1. The lowest BCUT2D eigenvalue weighted by atomic mass is 10.1. The number of esters is 1. The van der Waals surface area contributed by atoms with Gasteiger partial charge in [-0.25, -0.2) is 4.79 Å². The molecule has 1 amide bonds. The van der Waals surface area contributed by atoms with Crippen LogP contribution in [0.15, 0.2) is 42.5 Å². The molecule has 0 radical (unpaired) electrons. The maximum atomic E-state index is 11.8. The molecule has 0 aliphatic heterocycles. The highest BCUT2D eigenvalue weighted by Crippen LogP contribution is 2.19. The van der Waals surface area contributed by atoms with Gasteiger partial charge in [-0.15, -0.1) is 0 Å². The highest BCUT2D eigenvalue weighted by atomic mass is 16.6. The highest BCUT2D eigenvalue weighted by Gasteiger charge is 2.08. The number of carbonyl (C=O) groups is 2. The molecular formula is C18H19NO4. The van der Waals surface area contributed by atoms with E-state index in [4.69, 9.17) is 9.47 Å². The fourth-order valence-corrected chi connectivity index (χ4v) is 1.97. The fourth-order valence-electron chi connectivity index (χ4n) is 1.97. The van der Waals surface area contributed by atoms with E-state index in [0.717, 1.165) is 11.1 Å². The Labute approximate surface area is 135 Å². The van der Waals surface area contributed by atoms with Gasteiger partial charge in [0.1, 0.15) is 11.5 Å². The minimum Gasteiger partial charge on any atom is -0.482 e. The molecule has 0 saturated heterocycles. The molecule has 0 aromatic heterocycles. The van der Waals surface area contributed by atoms with E-state index in [1.54, 1.807) is 24.3 Å². The Hall–Kier alpha value is -2.82. The molecule has 0 saturated carbocycles. The first-order valence-electron chi connectivity index (χ1n) is 7.22. The van der Waals surface area contributed by atoms with Gasteiger partial charge >= 0.3 is 5.97 Å². The van der Waals surface area contributed by atoms with Crippen LogP contribution in [0.2, 0.25) is 0 Å². The average molecular weight is 313 g/mol. The Morgan fingerprint density at radius 2 is 1.74 bits per heavy atom. The summed E-state index contributed by atoms with van der Waals surface area (Å²) >= 11 is 0. The van der Waals surface area contributed by atoms with Crippen LogP contribution in [0, 0.1) is 13.8 Å². The van der Waals surface area contributed by atoms with Crippen molar-refractivity contribution in [3.63, 3.8) is 0 Å². The lowest BCUT2D eigenvalue weighted by Gasteiger charge is -2.10. The number of benzene rings is 2. The first-order valence-corrected chi connectivity index (χ1v) is 7.22. The van der Waals surface area contributed by atoms with Crippen molar-refractivity contribution in [1.82, 2.24) is 0 Å². The van der Waals surface area contributed by atoms with E-state index < -0.39 is 5.97 Å². The van der Waals surface area contributed by atoms with Crippen LogP contribution in [0.3, 0.4) is 0 Å². The molecule has 2 rings (SSSR count). The number of hydrogen-bond acceptors (Lipinski definition) is 4. The van der Waals surface area contributed by atoms with Crippen molar-refractivity contribution in [3.05, 3.63) is 53.6 Å². The summed E-state index contributed by atoms with van der Waals surface area (Å²) in [4.78, 5) is 22.8. The average Bonchev–Trinajstić information content (AvgIpc) is 2.50. The number of ether oxygens (including phenoxy) is 2. The molecule has 0 fully saturated rings. The second-order valence-electron chi connectivity index (χ2n) is 5.24. The molecule has 2 aromatic rings. The summed E-state index contributed by atoms with van der Waals surface area (Å²) in [6.07, 6.45) is 0. The molecule has 0 bridgehead atoms. The van der Waals surface area contributed by atoms with Gasteiger partial charge in [-0.3, -0.25) is 4.79 Å². The minimum absolute atomic E-state index is 0.156. The lowest BCUT2D eigenvalue weighted by molar-refractivity contribution is -0.136. The monoisotopic (exact) mass is 313 g/mol. The summed E-state index contributed by atoms with van der Waals surface area (Å²) in [5, 5.41) is 2.64. The topological polar surface area (TPSA) is 64.6 Å². The Morgan fingerprint density at radius 1 is 1.04 bits per heavy atom. The zero-order chi connectivity index (χ0) is 16.8. The number of nitrogens with one attached hydrogen (secondary N) is 1. The summed E-state index contributed by atoms with van der Waals surface area (Å²) in [5.74, 6) is 0.423. The predicted octanol–water partition coefficient (Wildman–Crippen LogP) is 3.25. The number of rotatable bonds is 5. The summed E-state index contributed by atoms with van der Waals surface area (Å²) in [6, 6.07) is 12.4. The summed E-state index contributed by atoms with van der Waals surface area (Å²) < 4.78 is 10.7. The largest absolute Gasteiger partial charge is 0.482 e. The standard InChI is InChI=1S/C18H19NO4/c1-12-4-5-13(2)17(10-12)22-11-18(21)23-16-8-6-15(7-9-16)19-14(3)20/h4-10H,11H2,1-3H3,(H,19,20). The number of aryl methyl sites for hydroxylation is 2. The zero-order valence-electron chi connectivity index (χ0n) is 13.4. The third-order valence-electron chi connectivity index (χ3n) is 3.10. The molecule has 23 heavy (non-hydrogen) atoms. The van der Waals surface area contributed by atoms with Crippen molar-refractivity contribution >= 4 is 17.6 Å². The molecule has 0 aliphatic rings. The number of amides is 1. The Morgan fingerprint density at radius 3 is 2.39 bits per heavy atom. The van der Waals surface area contributed by atoms with Gasteiger partial charge in [-0.05, 0) is 55.3 Å². The highest BCUT2D eigenvalue weighted by molar-refractivity contribution is 5.88. The Kier molecular flexibility index (Phi) is 5.36. The van der Waals surface area contributed by atoms with Gasteiger partial charge in [-0.1, -0.05) is 12.1 Å². The van der Waals surface area contributed by atoms with E-state index in [1.165, 1.54) is 6.92 Å². The van der Waals surface area contributed by atoms with Gasteiger partial charge in [0.25, 0.3) is 0 Å². The van der Waals surface area contributed by atoms with Gasteiger partial charge in [0, 0.05) is 12.6 Å². The lowest BCUT2D eigenvalue weighted by Crippen LogP contribution is -2.18. The maximum Gasteiger partial charge on any atom is 0.349 e. The molecule has 5 nitrogen and oxygen atoms in total. The quantitative estimate of drug-likeness (QED) is 0.680. The fraction of sp³-hybridized carbons (Fsp3) is 0.222. The van der Waals surface area contributed by atoms with Crippen LogP contribution in [0.1, 0.15) is 18.1 Å². The smallest absolute Gasteiger partial charge is 0.349 e. The summed E-state index contributed by atoms with van der Waals surface area (Å²) in [6.45, 7) is 5.14. The maximum absolute atomic E-state index is 11.8. The Balaban J connectivity index is 1.89. The number of carbonyl (C=O) groups excluding carboxylic acids is 2. The van der Waals surface area contributed by atoms with Crippen LogP contribution in [0.4, 0.5) is 5.69 Å². The Bertz CT molecular complexity index is 707. The molecule has 2 aromatic carbocycles.